The van der Waals surface area contributed by atoms with Gasteiger partial charge in [0, 0.05) is 26.1 Å². The fourth-order valence-electron chi connectivity index (χ4n) is 4.82. The summed E-state index contributed by atoms with van der Waals surface area (Å²) in [6.45, 7) is 8.13. The Labute approximate surface area is 263 Å². The third-order valence-corrected chi connectivity index (χ3v) is 10.6. The van der Waals surface area contributed by atoms with Crippen molar-refractivity contribution in [2.45, 2.75) is 56.7 Å². The second-order valence-electron chi connectivity index (χ2n) is 11.9. The topological polar surface area (TPSA) is 166 Å². The number of hydrogen-bond donors (Lipinski definition) is 1. The van der Waals surface area contributed by atoms with Crippen LogP contribution in [0, 0.1) is 6.92 Å². The number of nitrogens with one attached hydrogen (secondary N) is 1. The fraction of sp³-hybridized carbons (Fsp3) is 0.500. The number of sulfonamides is 1. The van der Waals surface area contributed by atoms with E-state index >= 15 is 0 Å². The fourth-order valence-corrected chi connectivity index (χ4v) is 7.75. The Hall–Kier alpha value is -3.53. The first-order valence-electron chi connectivity index (χ1n) is 14.5. The number of morpholine rings is 1. The normalized spacial score (nSPS) is 19.3. The quantitative estimate of drug-likeness (QED) is 0.408. The summed E-state index contributed by atoms with van der Waals surface area (Å²) in [6, 6.07) is 8.72. The number of carbonyl (C=O) groups excluding carboxylic acids is 3. The molecule has 1 N–H and O–H groups in total. The molecule has 45 heavy (non-hydrogen) atoms. The summed E-state index contributed by atoms with van der Waals surface area (Å²) in [5, 5.41) is 2.80. The zero-order chi connectivity index (χ0) is 33.0. The Kier molecular flexibility index (Phi) is 10.6. The molecule has 13 nitrogen and oxygen atoms in total. The minimum Gasteiger partial charge on any atom is -0.458 e. The van der Waals surface area contributed by atoms with Gasteiger partial charge in [0.2, 0.25) is 0 Å². The lowest BCUT2D eigenvalue weighted by atomic mass is 10.0. The molecule has 0 aliphatic carbocycles. The summed E-state index contributed by atoms with van der Waals surface area (Å²) >= 11 is 0. The van der Waals surface area contributed by atoms with Gasteiger partial charge in [-0.3, -0.25) is 4.79 Å². The average Bonchev–Trinajstić information content (AvgIpc) is 2.97. The van der Waals surface area contributed by atoms with Crippen LogP contribution in [0.4, 0.5) is 4.79 Å². The van der Waals surface area contributed by atoms with E-state index in [1.807, 2.05) is 0 Å². The maximum atomic E-state index is 14.2. The number of carbonyl (C=O) groups is 3. The third-order valence-electron chi connectivity index (χ3n) is 7.11. The van der Waals surface area contributed by atoms with Gasteiger partial charge >= 0.3 is 12.1 Å². The molecule has 2 amide bonds. The molecule has 2 aromatic carbocycles. The summed E-state index contributed by atoms with van der Waals surface area (Å²) in [5.74, 6) is -2.70. The summed E-state index contributed by atoms with van der Waals surface area (Å²) in [4.78, 5) is 41.5. The summed E-state index contributed by atoms with van der Waals surface area (Å²) in [5.41, 5.74) is 0.157. The second kappa shape index (κ2) is 13.8. The van der Waals surface area contributed by atoms with Crippen molar-refractivity contribution in [2.24, 2.45) is 0 Å². The number of aryl methyl sites for hydroxylation is 1. The molecule has 2 atom stereocenters. The van der Waals surface area contributed by atoms with Crippen LogP contribution in [0.1, 0.15) is 31.9 Å². The van der Waals surface area contributed by atoms with Gasteiger partial charge in [0.05, 0.1) is 29.6 Å². The lowest BCUT2D eigenvalue weighted by Crippen LogP contribution is -2.60. The van der Waals surface area contributed by atoms with E-state index in [1.165, 1.54) is 29.2 Å². The molecule has 15 heteroatoms. The van der Waals surface area contributed by atoms with E-state index < -0.39 is 61.3 Å². The van der Waals surface area contributed by atoms with Crippen molar-refractivity contribution in [1.82, 2.24) is 14.5 Å². The molecular weight excluding hydrogens is 626 g/mol. The molecule has 2 heterocycles. The Balaban J connectivity index is 1.71. The van der Waals surface area contributed by atoms with Crippen molar-refractivity contribution in [1.29, 1.82) is 0 Å². The number of hydrogen-bond acceptors (Lipinski definition) is 11. The van der Waals surface area contributed by atoms with Crippen LogP contribution >= 0.6 is 0 Å². The second-order valence-corrected chi connectivity index (χ2v) is 16.0. The molecule has 0 saturated carbocycles. The maximum Gasteiger partial charge on any atom is 0.415 e. The van der Waals surface area contributed by atoms with Crippen molar-refractivity contribution in [3.63, 3.8) is 0 Å². The highest BCUT2D eigenvalue weighted by molar-refractivity contribution is 7.91. The first kappa shape index (κ1) is 34.3. The van der Waals surface area contributed by atoms with Crippen LogP contribution in [-0.2, 0) is 45.3 Å². The smallest absolute Gasteiger partial charge is 0.415 e. The van der Waals surface area contributed by atoms with Gasteiger partial charge < -0.3 is 24.4 Å². The van der Waals surface area contributed by atoms with Crippen LogP contribution in [0.15, 0.2) is 53.4 Å². The zero-order valence-corrected chi connectivity index (χ0v) is 27.4. The molecule has 2 fully saturated rings. The molecule has 2 saturated heterocycles. The van der Waals surface area contributed by atoms with E-state index in [9.17, 15) is 31.2 Å². The van der Waals surface area contributed by atoms with Crippen LogP contribution in [0.3, 0.4) is 0 Å². The van der Waals surface area contributed by atoms with Gasteiger partial charge in [-0.05, 0) is 57.5 Å². The number of benzene rings is 2. The maximum absolute atomic E-state index is 14.2. The standard InChI is InChI=1S/C30H39N3O10S2/c1-21-5-11-24(12-6-21)45(39,40)33(27(34)25-20-44(37,38)18-13-31-25)26(28(35)43-30(2,3)4)19-22-7-9-23(10-8-22)42-29(36)32-14-16-41-17-15-32/h5-12,25-26,31H,13-20H2,1-4H3/t25?,26-/m0/s1. The van der Waals surface area contributed by atoms with Crippen molar-refractivity contribution in [2.75, 3.05) is 44.4 Å². The number of esters is 1. The van der Waals surface area contributed by atoms with Crippen LogP contribution in [0.5, 0.6) is 5.75 Å². The first-order chi connectivity index (χ1) is 21.1. The Bertz CT molecular complexity index is 1600. The average molecular weight is 666 g/mol. The van der Waals surface area contributed by atoms with Gasteiger partial charge in [-0.1, -0.05) is 29.8 Å². The van der Waals surface area contributed by atoms with Gasteiger partial charge in [-0.25, -0.2) is 30.7 Å². The van der Waals surface area contributed by atoms with E-state index in [0.717, 1.165) is 5.56 Å². The van der Waals surface area contributed by atoms with Crippen molar-refractivity contribution in [3.05, 3.63) is 59.7 Å². The molecule has 0 aromatic heterocycles. The van der Waals surface area contributed by atoms with E-state index in [-0.39, 0.29) is 29.4 Å². The van der Waals surface area contributed by atoms with E-state index in [4.69, 9.17) is 14.2 Å². The van der Waals surface area contributed by atoms with Crippen molar-refractivity contribution < 1.29 is 45.4 Å². The number of ether oxygens (including phenoxy) is 3. The molecule has 0 radical (unpaired) electrons. The third kappa shape index (κ3) is 9.02. The Morgan fingerprint density at radius 1 is 1.04 bits per heavy atom. The van der Waals surface area contributed by atoms with Crippen molar-refractivity contribution in [3.8, 4) is 5.75 Å². The SMILES string of the molecule is Cc1ccc(S(=O)(=O)N(C(=O)C2CS(=O)(=O)CCN2)[C@@H](Cc2ccc(OC(=O)N3CCOCC3)cc2)C(=O)OC(C)(C)C)cc1. The van der Waals surface area contributed by atoms with Gasteiger partial charge in [0.25, 0.3) is 15.9 Å². The number of sulfone groups is 1. The monoisotopic (exact) mass is 665 g/mol. The lowest BCUT2D eigenvalue weighted by Gasteiger charge is -2.35. The van der Waals surface area contributed by atoms with Crippen LogP contribution < -0.4 is 10.1 Å². The van der Waals surface area contributed by atoms with E-state index in [1.54, 1.807) is 52.0 Å². The predicted octanol–water partition coefficient (Wildman–Crippen LogP) is 1.68. The summed E-state index contributed by atoms with van der Waals surface area (Å²) < 4.78 is 70.0. The molecule has 2 aliphatic rings. The van der Waals surface area contributed by atoms with Gasteiger partial charge in [0.15, 0.2) is 9.84 Å². The Morgan fingerprint density at radius 3 is 2.24 bits per heavy atom. The highest BCUT2D eigenvalue weighted by Crippen LogP contribution is 2.26. The van der Waals surface area contributed by atoms with Crippen molar-refractivity contribution >= 4 is 37.8 Å². The molecule has 4 rings (SSSR count). The molecule has 246 valence electrons. The van der Waals surface area contributed by atoms with Crippen LogP contribution in [0.2, 0.25) is 0 Å². The number of rotatable bonds is 8. The highest BCUT2D eigenvalue weighted by atomic mass is 32.2. The van der Waals surface area contributed by atoms with E-state index in [0.29, 0.717) is 36.2 Å². The van der Waals surface area contributed by atoms with Crippen LogP contribution in [-0.4, -0.2) is 106 Å². The summed E-state index contributed by atoms with van der Waals surface area (Å²) in [6.07, 6.45) is -0.850. The zero-order valence-electron chi connectivity index (χ0n) is 25.7. The lowest BCUT2D eigenvalue weighted by molar-refractivity contribution is -0.162. The number of nitrogens with zero attached hydrogens (tertiary/aromatic N) is 2. The molecular formula is C30H39N3O10S2. The molecule has 1 unspecified atom stereocenters. The molecule has 0 bridgehead atoms. The molecule has 2 aromatic rings. The van der Waals surface area contributed by atoms with Gasteiger partial charge in [0.1, 0.15) is 23.4 Å². The van der Waals surface area contributed by atoms with Gasteiger partial charge in [-0.2, -0.15) is 0 Å². The van der Waals surface area contributed by atoms with Gasteiger partial charge in [-0.15, -0.1) is 0 Å². The molecule has 0 spiro atoms. The minimum atomic E-state index is -4.70. The first-order valence-corrected chi connectivity index (χ1v) is 17.8. The largest absolute Gasteiger partial charge is 0.458 e. The highest BCUT2D eigenvalue weighted by Gasteiger charge is 2.45. The Morgan fingerprint density at radius 2 is 1.67 bits per heavy atom. The van der Waals surface area contributed by atoms with E-state index in [2.05, 4.69) is 5.32 Å². The number of amides is 2. The minimum absolute atomic E-state index is 0.0566. The molecule has 2 aliphatic heterocycles. The summed E-state index contributed by atoms with van der Waals surface area (Å²) in [7, 11) is -8.35. The van der Waals surface area contributed by atoms with Crippen LogP contribution in [0.25, 0.3) is 0 Å². The predicted molar refractivity (Wildman–Crippen MR) is 164 cm³/mol.